The number of rotatable bonds is 3. The molecule has 4 aromatic heterocycles. The third-order valence-electron chi connectivity index (χ3n) is 3.25. The number of furan rings is 1. The molecule has 0 aliphatic heterocycles. The van der Waals surface area contributed by atoms with Crippen molar-refractivity contribution in [1.29, 1.82) is 0 Å². The highest BCUT2D eigenvalue weighted by Crippen LogP contribution is 2.18. The van der Waals surface area contributed by atoms with Gasteiger partial charge in [-0.15, -0.1) is 0 Å². The molecule has 0 unspecified atom stereocenters. The van der Waals surface area contributed by atoms with Crippen LogP contribution in [0.1, 0.15) is 10.5 Å². The van der Waals surface area contributed by atoms with E-state index in [1.807, 2.05) is 12.1 Å². The highest BCUT2D eigenvalue weighted by molar-refractivity contribution is 6.03. The van der Waals surface area contributed by atoms with E-state index in [0.717, 1.165) is 5.52 Å². The van der Waals surface area contributed by atoms with Gasteiger partial charge in [-0.2, -0.15) is 10.2 Å². The zero-order valence-electron chi connectivity index (χ0n) is 11.4. The van der Waals surface area contributed by atoms with E-state index < -0.39 is 0 Å². The molecule has 108 valence electrons. The quantitative estimate of drug-likeness (QED) is 0.607. The molecule has 0 radical (unpaired) electrons. The Morgan fingerprint density at radius 1 is 1.27 bits per heavy atom. The van der Waals surface area contributed by atoms with E-state index >= 15 is 0 Å². The average Bonchev–Trinajstić information content (AvgIpc) is 3.26. The average molecular weight is 293 g/mol. The van der Waals surface area contributed by atoms with Crippen molar-refractivity contribution >= 4 is 17.1 Å². The lowest BCUT2D eigenvalue weighted by Gasteiger charge is -2.03. The summed E-state index contributed by atoms with van der Waals surface area (Å²) in [5.41, 5.74) is 2.53. The topological polar surface area (TPSA) is 88.2 Å². The molecule has 0 fully saturated rings. The molecule has 2 N–H and O–H groups in total. The minimum absolute atomic E-state index is 0.291. The van der Waals surface area contributed by atoms with Crippen LogP contribution in [0.25, 0.3) is 17.0 Å². The van der Waals surface area contributed by atoms with Crippen LogP contribution < -0.4 is 5.32 Å². The van der Waals surface area contributed by atoms with E-state index in [2.05, 4.69) is 20.6 Å². The predicted molar refractivity (Wildman–Crippen MR) is 79.4 cm³/mol. The van der Waals surface area contributed by atoms with Crippen molar-refractivity contribution in [3.8, 4) is 11.5 Å². The Bertz CT molecular complexity index is 936. The first-order valence-electron chi connectivity index (χ1n) is 6.64. The minimum atomic E-state index is -0.294. The molecule has 4 rings (SSSR count). The maximum absolute atomic E-state index is 12.2. The summed E-state index contributed by atoms with van der Waals surface area (Å²) in [6, 6.07) is 10.7. The lowest BCUT2D eigenvalue weighted by molar-refractivity contribution is 0.102. The number of hydrogen-bond donors (Lipinski definition) is 2. The number of carbonyl (C=O) groups is 1. The molecule has 0 saturated heterocycles. The standard InChI is InChI=1S/C15H11N5O2/c21-15(13-9-12(18-19-13)14-2-1-7-22-14)17-10-4-6-20-11(8-10)3-5-16-20/h1-9H,(H,17,21)(H,18,19). The Morgan fingerprint density at radius 2 is 2.23 bits per heavy atom. The number of nitrogens with zero attached hydrogens (tertiary/aromatic N) is 3. The van der Waals surface area contributed by atoms with Crippen molar-refractivity contribution in [2.75, 3.05) is 5.32 Å². The number of H-pyrrole nitrogens is 1. The molecule has 0 aromatic carbocycles. The fourth-order valence-electron chi connectivity index (χ4n) is 2.19. The second kappa shape index (κ2) is 4.88. The maximum Gasteiger partial charge on any atom is 0.276 e. The SMILES string of the molecule is O=C(Nc1ccn2nccc2c1)c1cc(-c2ccco2)[nH]n1. The number of aromatic nitrogens is 4. The largest absolute Gasteiger partial charge is 0.463 e. The molecular formula is C15H11N5O2. The number of aromatic amines is 1. The number of carbonyl (C=O) groups excluding carboxylic acids is 1. The Balaban J connectivity index is 1.56. The van der Waals surface area contributed by atoms with Crippen LogP contribution >= 0.6 is 0 Å². The number of pyridine rings is 1. The molecule has 0 aliphatic carbocycles. The van der Waals surface area contributed by atoms with Gasteiger partial charge in [0, 0.05) is 24.1 Å². The highest BCUT2D eigenvalue weighted by Gasteiger charge is 2.13. The number of nitrogens with one attached hydrogen (secondary N) is 2. The van der Waals surface area contributed by atoms with Crippen molar-refractivity contribution in [2.45, 2.75) is 0 Å². The molecule has 0 spiro atoms. The summed E-state index contributed by atoms with van der Waals surface area (Å²) in [6.07, 6.45) is 5.05. The number of anilines is 1. The van der Waals surface area contributed by atoms with E-state index in [1.54, 1.807) is 47.4 Å². The van der Waals surface area contributed by atoms with Crippen molar-refractivity contribution in [3.05, 3.63) is 60.7 Å². The van der Waals surface area contributed by atoms with Gasteiger partial charge in [0.05, 0.1) is 11.8 Å². The van der Waals surface area contributed by atoms with Gasteiger partial charge in [0.15, 0.2) is 11.5 Å². The fraction of sp³-hybridized carbons (Fsp3) is 0. The van der Waals surface area contributed by atoms with Gasteiger partial charge >= 0.3 is 0 Å². The Kier molecular flexibility index (Phi) is 2.75. The summed E-state index contributed by atoms with van der Waals surface area (Å²) in [6.45, 7) is 0. The number of hydrogen-bond acceptors (Lipinski definition) is 4. The molecule has 22 heavy (non-hydrogen) atoms. The second-order valence-electron chi connectivity index (χ2n) is 4.71. The maximum atomic E-state index is 12.2. The first-order valence-corrected chi connectivity index (χ1v) is 6.64. The zero-order chi connectivity index (χ0) is 14.9. The van der Waals surface area contributed by atoms with Crippen LogP contribution in [0, 0.1) is 0 Å². The molecule has 7 nitrogen and oxygen atoms in total. The molecule has 0 aliphatic rings. The third-order valence-corrected chi connectivity index (χ3v) is 3.25. The molecule has 1 amide bonds. The normalized spacial score (nSPS) is 10.9. The van der Waals surface area contributed by atoms with Crippen molar-refractivity contribution in [3.63, 3.8) is 0 Å². The van der Waals surface area contributed by atoms with Crippen LogP contribution in [-0.4, -0.2) is 25.7 Å². The first kappa shape index (κ1) is 12.4. The van der Waals surface area contributed by atoms with Crippen molar-refractivity contribution < 1.29 is 9.21 Å². The Morgan fingerprint density at radius 3 is 3.09 bits per heavy atom. The molecule has 4 aromatic rings. The smallest absolute Gasteiger partial charge is 0.276 e. The summed E-state index contributed by atoms with van der Waals surface area (Å²) >= 11 is 0. The van der Waals surface area contributed by atoms with Crippen molar-refractivity contribution in [2.24, 2.45) is 0 Å². The first-order chi connectivity index (χ1) is 10.8. The molecule has 0 bridgehead atoms. The lowest BCUT2D eigenvalue weighted by Crippen LogP contribution is -2.12. The highest BCUT2D eigenvalue weighted by atomic mass is 16.3. The Labute approximate surface area is 124 Å². The summed E-state index contributed by atoms with van der Waals surface area (Å²) in [5.74, 6) is 0.338. The van der Waals surface area contributed by atoms with E-state index in [9.17, 15) is 4.79 Å². The van der Waals surface area contributed by atoms with Crippen LogP contribution in [0.5, 0.6) is 0 Å². The van der Waals surface area contributed by atoms with E-state index in [-0.39, 0.29) is 5.91 Å². The van der Waals surface area contributed by atoms with E-state index in [4.69, 9.17) is 4.42 Å². The molecule has 7 heteroatoms. The molecule has 0 saturated carbocycles. The minimum Gasteiger partial charge on any atom is -0.463 e. The monoisotopic (exact) mass is 293 g/mol. The molecule has 0 atom stereocenters. The van der Waals surface area contributed by atoms with Gasteiger partial charge in [0.1, 0.15) is 5.69 Å². The van der Waals surface area contributed by atoms with Gasteiger partial charge in [-0.3, -0.25) is 9.89 Å². The zero-order valence-corrected chi connectivity index (χ0v) is 11.4. The number of fused-ring (bicyclic) bond motifs is 1. The van der Waals surface area contributed by atoms with Crippen LogP contribution in [0.4, 0.5) is 5.69 Å². The number of amides is 1. The Hall–Kier alpha value is -3.35. The van der Waals surface area contributed by atoms with Gasteiger partial charge in [-0.1, -0.05) is 0 Å². The summed E-state index contributed by atoms with van der Waals surface area (Å²) < 4.78 is 6.98. The van der Waals surface area contributed by atoms with Crippen LogP contribution in [0.15, 0.2) is 59.5 Å². The van der Waals surface area contributed by atoms with Crippen LogP contribution in [0.2, 0.25) is 0 Å². The van der Waals surface area contributed by atoms with E-state index in [1.165, 1.54) is 0 Å². The summed E-state index contributed by atoms with van der Waals surface area (Å²) in [5, 5.41) is 13.7. The van der Waals surface area contributed by atoms with Gasteiger partial charge in [-0.05, 0) is 30.3 Å². The fourth-order valence-corrected chi connectivity index (χ4v) is 2.19. The van der Waals surface area contributed by atoms with Gasteiger partial charge in [0.25, 0.3) is 5.91 Å². The lowest BCUT2D eigenvalue weighted by atomic mass is 10.3. The molecule has 4 heterocycles. The van der Waals surface area contributed by atoms with Crippen LogP contribution in [-0.2, 0) is 0 Å². The van der Waals surface area contributed by atoms with Crippen molar-refractivity contribution in [1.82, 2.24) is 19.8 Å². The van der Waals surface area contributed by atoms with E-state index in [0.29, 0.717) is 22.8 Å². The predicted octanol–water partition coefficient (Wildman–Crippen LogP) is 2.57. The van der Waals surface area contributed by atoms with Crippen LogP contribution in [0.3, 0.4) is 0 Å². The summed E-state index contributed by atoms with van der Waals surface area (Å²) in [7, 11) is 0. The van der Waals surface area contributed by atoms with Gasteiger partial charge in [0.2, 0.25) is 0 Å². The molecular weight excluding hydrogens is 282 g/mol. The third kappa shape index (κ3) is 2.14. The summed E-state index contributed by atoms with van der Waals surface area (Å²) in [4.78, 5) is 12.2. The van der Waals surface area contributed by atoms with Gasteiger partial charge < -0.3 is 9.73 Å². The second-order valence-corrected chi connectivity index (χ2v) is 4.71. The van der Waals surface area contributed by atoms with Gasteiger partial charge in [-0.25, -0.2) is 4.52 Å².